The highest BCUT2D eigenvalue weighted by Gasteiger charge is 2.22. The molecule has 0 bridgehead atoms. The number of hydrogen-bond donors (Lipinski definition) is 5. The lowest BCUT2D eigenvalue weighted by Gasteiger charge is -2.16. The van der Waals surface area contributed by atoms with Crippen LogP contribution in [0.4, 0.5) is 8.78 Å². The number of carbonyl (C=O) groups is 1. The van der Waals surface area contributed by atoms with Crippen LogP contribution in [-0.4, -0.2) is 52.7 Å². The number of allylic oxidation sites excluding steroid dienone is 1. The Morgan fingerprint density at radius 1 is 1.42 bits per heavy atom. The van der Waals surface area contributed by atoms with Crippen molar-refractivity contribution in [3.05, 3.63) is 53.5 Å². The number of nitrogens with one attached hydrogen (secondary N) is 2. The maximum absolute atomic E-state index is 13.5. The van der Waals surface area contributed by atoms with Gasteiger partial charge in [0, 0.05) is 52.7 Å². The van der Waals surface area contributed by atoms with Crippen LogP contribution in [0.2, 0.25) is 0 Å². The molecule has 0 unspecified atom stereocenters. The number of nitrogens with two attached hydrogens (primary N) is 2. The number of hydrogen-bond acceptors (Lipinski definition) is 8. The van der Waals surface area contributed by atoms with Gasteiger partial charge in [-0.2, -0.15) is 0 Å². The number of thioether (sulfide) groups is 1. The zero-order valence-electron chi connectivity index (χ0n) is 20.5. The van der Waals surface area contributed by atoms with Crippen molar-refractivity contribution < 1.29 is 28.8 Å². The van der Waals surface area contributed by atoms with Crippen LogP contribution < -0.4 is 21.2 Å². The zero-order chi connectivity index (χ0) is 27.7. The molecule has 198 valence electrons. The number of alkyl halides is 2. The molecule has 1 saturated carbocycles. The van der Waals surface area contributed by atoms with Crippen LogP contribution in [0.5, 0.6) is 5.75 Å². The average molecular weight is 542 g/mol. The molecule has 0 spiro atoms. The van der Waals surface area contributed by atoms with Crippen LogP contribution in [0, 0.1) is 23.2 Å². The summed E-state index contributed by atoms with van der Waals surface area (Å²) in [5.41, 5.74) is 6.76. The molecule has 0 aliphatic heterocycles. The Kier molecular flexibility index (Phi) is 10.1. The summed E-state index contributed by atoms with van der Waals surface area (Å²) >= 11 is 0.806. The summed E-state index contributed by atoms with van der Waals surface area (Å²) < 4.78 is 32.3. The van der Waals surface area contributed by atoms with Gasteiger partial charge in [-0.1, -0.05) is 12.0 Å². The number of halogens is 2. The van der Waals surface area contributed by atoms with Crippen LogP contribution in [0.3, 0.4) is 0 Å². The molecule has 1 heterocycles. The fourth-order valence-corrected chi connectivity index (χ4v) is 3.74. The summed E-state index contributed by atoms with van der Waals surface area (Å²) in [7, 11) is 1.35. The van der Waals surface area contributed by atoms with E-state index in [1.165, 1.54) is 25.6 Å². The average Bonchev–Trinajstić information content (AvgIpc) is 3.74. The van der Waals surface area contributed by atoms with E-state index < -0.39 is 18.0 Å². The minimum absolute atomic E-state index is 0.0788. The largest absolute Gasteiger partial charge is 0.494 e. The molecule has 0 saturated heterocycles. The number of carbonyl (C=O) groups excluding carboxylic acids is 1. The second-order valence-electron chi connectivity index (χ2n) is 8.04. The predicted molar refractivity (Wildman–Crippen MR) is 144 cm³/mol. The smallest absolute Gasteiger partial charge is 0.291 e. The van der Waals surface area contributed by atoms with Crippen LogP contribution in [-0.2, 0) is 0 Å². The summed E-state index contributed by atoms with van der Waals surface area (Å²) in [6.45, 7) is 0.00692. The predicted octanol–water partition coefficient (Wildman–Crippen LogP) is 2.03. The van der Waals surface area contributed by atoms with Gasteiger partial charge in [0.2, 0.25) is 0 Å². The van der Waals surface area contributed by atoms with E-state index in [9.17, 15) is 13.6 Å². The molecule has 2 aromatic rings. The van der Waals surface area contributed by atoms with Crippen molar-refractivity contribution in [3.63, 3.8) is 0 Å². The first-order valence-corrected chi connectivity index (χ1v) is 12.3. The van der Waals surface area contributed by atoms with Gasteiger partial charge in [0.05, 0.1) is 26.5 Å². The molecule has 9 nitrogen and oxygen atoms in total. The quantitative estimate of drug-likeness (QED) is 0.195. The lowest BCUT2D eigenvalue weighted by atomic mass is 9.94. The number of benzene rings is 1. The molecule has 38 heavy (non-hydrogen) atoms. The van der Waals surface area contributed by atoms with Crippen molar-refractivity contribution in [3.8, 4) is 28.7 Å². The second kappa shape index (κ2) is 13.5. The van der Waals surface area contributed by atoms with Gasteiger partial charge in [0.15, 0.2) is 5.17 Å². The van der Waals surface area contributed by atoms with E-state index in [1.54, 1.807) is 12.1 Å². The van der Waals surface area contributed by atoms with Crippen LogP contribution in [0.25, 0.3) is 16.7 Å². The van der Waals surface area contributed by atoms with Gasteiger partial charge in [-0.15, -0.1) is 0 Å². The number of amidine groups is 1. The number of amides is 1. The molecule has 0 atom stereocenters. The second-order valence-corrected chi connectivity index (χ2v) is 9.10. The van der Waals surface area contributed by atoms with Crippen LogP contribution >= 0.6 is 11.8 Å². The van der Waals surface area contributed by atoms with Crippen molar-refractivity contribution in [2.45, 2.75) is 19.3 Å². The van der Waals surface area contributed by atoms with E-state index in [-0.39, 0.29) is 45.8 Å². The number of methoxy groups -OCH3 is 1. The zero-order valence-corrected chi connectivity index (χ0v) is 21.3. The molecule has 1 aliphatic rings. The Labute approximate surface area is 222 Å². The number of aliphatic imine (C=N–C) groups is 1. The summed E-state index contributed by atoms with van der Waals surface area (Å²) in [5.74, 6) is 5.58. The molecule has 1 aromatic carbocycles. The Morgan fingerprint density at radius 3 is 2.82 bits per heavy atom. The van der Waals surface area contributed by atoms with E-state index in [0.29, 0.717) is 17.1 Å². The molecule has 7 N–H and O–H groups in total. The fraction of sp³-hybridized carbons (Fsp3) is 0.269. The van der Waals surface area contributed by atoms with Crippen LogP contribution in [0.15, 0.2) is 41.7 Å². The van der Waals surface area contributed by atoms with Gasteiger partial charge in [-0.05, 0) is 42.2 Å². The third-order valence-corrected chi connectivity index (χ3v) is 5.90. The number of rotatable bonds is 8. The fourth-order valence-electron chi connectivity index (χ4n) is 3.26. The normalized spacial score (nSPS) is 13.2. The van der Waals surface area contributed by atoms with Crippen molar-refractivity contribution >= 4 is 39.7 Å². The summed E-state index contributed by atoms with van der Waals surface area (Å²) in [5, 5.41) is 25.4. The Hall–Kier alpha value is -4.08. The first kappa shape index (κ1) is 28.5. The summed E-state index contributed by atoms with van der Waals surface area (Å²) in [4.78, 5) is 21.0. The molecular weight excluding hydrogens is 514 g/mol. The van der Waals surface area contributed by atoms with E-state index >= 15 is 0 Å². The lowest BCUT2D eigenvalue weighted by molar-refractivity contribution is -0.106. The molecule has 1 aromatic heterocycles. The molecule has 0 radical (unpaired) electrons. The van der Waals surface area contributed by atoms with Gasteiger partial charge in [0.25, 0.3) is 17.4 Å². The Bertz CT molecular complexity index is 1350. The topological polar surface area (TPSA) is 159 Å². The molecule has 1 aliphatic carbocycles. The van der Waals surface area contributed by atoms with Crippen LogP contribution in [0.1, 0.15) is 40.9 Å². The standard InChI is InChI=1S/C26H26F2N6O3S/c1-37-22-14-33-21(24(27)28)11-20(22)19-10-16(17(12-29)13-32-8-9-35)5-6-18(19)25(36)34-26(31)38-23(30)7-4-15-2-3-15/h5-6,10-15,24,30,35H,2-3,8-9,29H2,1H3,(H2,31,34,36)/p+1/b17-12+,30-23?,32-13?. The molecule has 12 heteroatoms. The summed E-state index contributed by atoms with van der Waals surface area (Å²) in [6, 6.07) is 5.79. The molecule has 1 fully saturated rings. The van der Waals surface area contributed by atoms with Crippen molar-refractivity contribution in [1.82, 2.24) is 10.3 Å². The number of aliphatic hydroxyl groups excluding tert-OH is 1. The maximum atomic E-state index is 13.5. The lowest BCUT2D eigenvalue weighted by Crippen LogP contribution is -2.39. The third kappa shape index (κ3) is 7.71. The Balaban J connectivity index is 2.01. The maximum Gasteiger partial charge on any atom is 0.291 e. The van der Waals surface area contributed by atoms with Gasteiger partial charge < -0.3 is 20.9 Å². The minimum atomic E-state index is -2.86. The van der Waals surface area contributed by atoms with Gasteiger partial charge in [0.1, 0.15) is 11.4 Å². The van der Waals surface area contributed by atoms with Gasteiger partial charge in [-0.3, -0.25) is 20.2 Å². The third-order valence-electron chi connectivity index (χ3n) is 5.27. The van der Waals surface area contributed by atoms with E-state index in [1.807, 2.05) is 0 Å². The number of aromatic nitrogens is 1. The van der Waals surface area contributed by atoms with Crippen molar-refractivity contribution in [2.75, 3.05) is 20.3 Å². The highest BCUT2D eigenvalue weighted by molar-refractivity contribution is 8.26. The van der Waals surface area contributed by atoms with E-state index in [2.05, 4.69) is 27.1 Å². The SMILES string of the molecule is COc1cnc(C(F)F)cc1-c1cc(/C(C=NCCO)=C/N)ccc1C(=O)NC(=N)SC(=[NH2+])C#CC1CC1. The monoisotopic (exact) mass is 541 g/mol. The highest BCUT2D eigenvalue weighted by Crippen LogP contribution is 2.36. The molecule has 3 rings (SSSR count). The van der Waals surface area contributed by atoms with Crippen molar-refractivity contribution in [2.24, 2.45) is 16.6 Å². The minimum Gasteiger partial charge on any atom is -0.494 e. The number of ether oxygens (including phenoxy) is 1. The molecular formula is C26H27F2N6O3S+. The Morgan fingerprint density at radius 2 is 2.18 bits per heavy atom. The van der Waals surface area contributed by atoms with E-state index in [4.69, 9.17) is 26.4 Å². The highest BCUT2D eigenvalue weighted by atomic mass is 32.2. The van der Waals surface area contributed by atoms with Gasteiger partial charge >= 0.3 is 0 Å². The van der Waals surface area contributed by atoms with Crippen molar-refractivity contribution in [1.29, 1.82) is 5.41 Å². The number of aliphatic hydroxyl groups is 1. The molecule has 1 amide bonds. The van der Waals surface area contributed by atoms with Gasteiger partial charge in [-0.25, -0.2) is 14.2 Å². The first-order valence-electron chi connectivity index (χ1n) is 11.5. The first-order chi connectivity index (χ1) is 18.3. The number of pyridine rings is 1. The number of nitrogens with zero attached hydrogens (tertiary/aromatic N) is 2. The summed E-state index contributed by atoms with van der Waals surface area (Å²) in [6.07, 6.45) is 3.10. The van der Waals surface area contributed by atoms with E-state index in [0.717, 1.165) is 36.9 Å².